The zero-order valence-corrected chi connectivity index (χ0v) is 14.3. The van der Waals surface area contributed by atoms with Crippen molar-refractivity contribution in [3.8, 4) is 10.6 Å². The molecule has 2 aromatic rings. The minimum Gasteiger partial charge on any atom is -0.379 e. The molecule has 0 aliphatic carbocycles. The van der Waals surface area contributed by atoms with E-state index in [2.05, 4.69) is 40.3 Å². The fraction of sp³-hybridized carbons (Fsp3) is 0.500. The number of nitrogens with one attached hydrogen (secondary N) is 2. The zero-order chi connectivity index (χ0) is 16.2. The topological polar surface area (TPSA) is 70.2 Å². The number of H-pyrrole nitrogens is 1. The Kier molecular flexibility index (Phi) is 5.09. The molecule has 7 heteroatoms. The Bertz CT molecular complexity index is 661. The first kappa shape index (κ1) is 16.2. The lowest BCUT2D eigenvalue weighted by atomic mass is 10.2. The fourth-order valence-electron chi connectivity index (χ4n) is 2.62. The third-order valence-electron chi connectivity index (χ3n) is 4.04. The Morgan fingerprint density at radius 3 is 2.96 bits per heavy atom. The molecule has 1 aliphatic rings. The van der Waals surface area contributed by atoms with E-state index in [9.17, 15) is 4.79 Å². The summed E-state index contributed by atoms with van der Waals surface area (Å²) in [6.07, 6.45) is 0. The fourth-order valence-corrected chi connectivity index (χ4v) is 3.46. The molecular weight excluding hydrogens is 312 g/mol. The van der Waals surface area contributed by atoms with E-state index in [1.54, 1.807) is 17.4 Å². The van der Waals surface area contributed by atoms with E-state index >= 15 is 0 Å². The molecule has 0 saturated carbocycles. The summed E-state index contributed by atoms with van der Waals surface area (Å²) in [5.41, 5.74) is 1.31. The minimum atomic E-state index is -0.138. The van der Waals surface area contributed by atoms with Crippen molar-refractivity contribution in [2.75, 3.05) is 32.8 Å². The number of amides is 1. The predicted molar refractivity (Wildman–Crippen MR) is 90.8 cm³/mol. The average Bonchev–Trinajstić information content (AvgIpc) is 3.22. The average molecular weight is 334 g/mol. The van der Waals surface area contributed by atoms with Crippen LogP contribution < -0.4 is 5.32 Å². The molecule has 2 N–H and O–H groups in total. The lowest BCUT2D eigenvalue weighted by Crippen LogP contribution is -2.47. The Morgan fingerprint density at radius 1 is 1.48 bits per heavy atom. The van der Waals surface area contributed by atoms with Crippen molar-refractivity contribution < 1.29 is 9.53 Å². The number of nitrogens with zero attached hydrogens (tertiary/aromatic N) is 2. The Balaban J connectivity index is 1.55. The molecule has 1 fully saturated rings. The van der Waals surface area contributed by atoms with Gasteiger partial charge in [-0.25, -0.2) is 0 Å². The van der Waals surface area contributed by atoms with Crippen LogP contribution in [0.15, 0.2) is 18.2 Å². The van der Waals surface area contributed by atoms with Gasteiger partial charge in [0.05, 0.1) is 23.8 Å². The monoisotopic (exact) mass is 334 g/mol. The number of aromatic amines is 1. The molecule has 1 amide bonds. The molecule has 124 valence electrons. The summed E-state index contributed by atoms with van der Waals surface area (Å²) in [5, 5.41) is 10.0. The first-order valence-corrected chi connectivity index (χ1v) is 8.67. The highest BCUT2D eigenvalue weighted by molar-refractivity contribution is 7.15. The highest BCUT2D eigenvalue weighted by atomic mass is 32.1. The third kappa shape index (κ3) is 3.99. The number of carbonyl (C=O) groups excluding carboxylic acids is 1. The van der Waals surface area contributed by atoms with E-state index in [4.69, 9.17) is 4.74 Å². The third-order valence-corrected chi connectivity index (χ3v) is 5.08. The molecule has 2 aromatic heterocycles. The summed E-state index contributed by atoms with van der Waals surface area (Å²) in [4.78, 5) is 16.9. The lowest BCUT2D eigenvalue weighted by Gasteiger charge is -2.32. The Hall–Kier alpha value is -1.70. The zero-order valence-electron chi connectivity index (χ0n) is 13.5. The van der Waals surface area contributed by atoms with Crippen LogP contribution in [0.25, 0.3) is 10.6 Å². The number of morpholine rings is 1. The molecule has 3 rings (SSSR count). The van der Waals surface area contributed by atoms with Gasteiger partial charge in [0.2, 0.25) is 0 Å². The van der Waals surface area contributed by atoms with Gasteiger partial charge in [0.1, 0.15) is 0 Å². The second kappa shape index (κ2) is 7.25. The summed E-state index contributed by atoms with van der Waals surface area (Å²) < 4.78 is 5.35. The molecule has 0 aromatic carbocycles. The van der Waals surface area contributed by atoms with E-state index in [-0.39, 0.29) is 5.91 Å². The van der Waals surface area contributed by atoms with E-state index in [1.807, 2.05) is 6.07 Å². The number of thiophene rings is 1. The standard InChI is InChI=1S/C16H22N4O2S/c1-11(20-5-7-22-8-6-20)10-17-16(21)14-9-13(18-19-14)15-4-3-12(2)23-15/h3-4,9,11H,5-8,10H2,1-2H3,(H,17,21)(H,18,19). The number of hydrogen-bond acceptors (Lipinski definition) is 5. The molecule has 0 spiro atoms. The molecule has 1 unspecified atom stereocenters. The molecule has 1 aliphatic heterocycles. The lowest BCUT2D eigenvalue weighted by molar-refractivity contribution is 0.0204. The molecule has 6 nitrogen and oxygen atoms in total. The van der Waals surface area contributed by atoms with Gasteiger partial charge in [-0.05, 0) is 32.0 Å². The van der Waals surface area contributed by atoms with Crippen LogP contribution in [-0.4, -0.2) is 59.9 Å². The second-order valence-corrected chi connectivity index (χ2v) is 7.07. The summed E-state index contributed by atoms with van der Waals surface area (Å²) in [7, 11) is 0. The maximum atomic E-state index is 12.2. The number of rotatable bonds is 5. The summed E-state index contributed by atoms with van der Waals surface area (Å²) in [6, 6.07) is 6.20. The summed E-state index contributed by atoms with van der Waals surface area (Å²) in [6.45, 7) is 8.16. The van der Waals surface area contributed by atoms with Crippen molar-refractivity contribution in [1.82, 2.24) is 20.4 Å². The van der Waals surface area contributed by atoms with Crippen LogP contribution in [0.2, 0.25) is 0 Å². The highest BCUT2D eigenvalue weighted by Crippen LogP contribution is 2.26. The second-order valence-electron chi connectivity index (χ2n) is 5.78. The van der Waals surface area contributed by atoms with Crippen molar-refractivity contribution in [2.45, 2.75) is 19.9 Å². The van der Waals surface area contributed by atoms with Crippen molar-refractivity contribution in [3.63, 3.8) is 0 Å². The van der Waals surface area contributed by atoms with Gasteiger partial charge in [0.15, 0.2) is 5.69 Å². The van der Waals surface area contributed by atoms with Gasteiger partial charge in [0.25, 0.3) is 5.91 Å². The maximum Gasteiger partial charge on any atom is 0.271 e. The van der Waals surface area contributed by atoms with Crippen molar-refractivity contribution in [1.29, 1.82) is 0 Å². The van der Waals surface area contributed by atoms with Crippen LogP contribution in [0.5, 0.6) is 0 Å². The Labute approximate surface area is 139 Å². The number of hydrogen-bond donors (Lipinski definition) is 2. The number of ether oxygens (including phenoxy) is 1. The predicted octanol–water partition coefficient (Wildman–Crippen LogP) is 1.90. The minimum absolute atomic E-state index is 0.138. The normalized spacial score (nSPS) is 17.1. The first-order chi connectivity index (χ1) is 11.1. The van der Waals surface area contributed by atoms with Crippen LogP contribution in [-0.2, 0) is 4.74 Å². The molecule has 1 atom stereocenters. The summed E-state index contributed by atoms with van der Waals surface area (Å²) in [5.74, 6) is -0.138. The number of aryl methyl sites for hydroxylation is 1. The smallest absolute Gasteiger partial charge is 0.271 e. The molecular formula is C16H22N4O2S. The molecule has 0 bridgehead atoms. The van der Waals surface area contributed by atoms with Crippen molar-refractivity contribution in [2.24, 2.45) is 0 Å². The van der Waals surface area contributed by atoms with Crippen molar-refractivity contribution in [3.05, 3.63) is 28.8 Å². The maximum absolute atomic E-state index is 12.2. The highest BCUT2D eigenvalue weighted by Gasteiger charge is 2.18. The van der Waals surface area contributed by atoms with Crippen molar-refractivity contribution >= 4 is 17.2 Å². The van der Waals surface area contributed by atoms with Gasteiger partial charge in [-0.1, -0.05) is 0 Å². The summed E-state index contributed by atoms with van der Waals surface area (Å²) >= 11 is 1.68. The largest absolute Gasteiger partial charge is 0.379 e. The first-order valence-electron chi connectivity index (χ1n) is 7.85. The van der Waals surface area contributed by atoms with Gasteiger partial charge in [0, 0.05) is 30.6 Å². The van der Waals surface area contributed by atoms with Crippen LogP contribution >= 0.6 is 11.3 Å². The van der Waals surface area contributed by atoms with E-state index in [1.165, 1.54) is 4.88 Å². The molecule has 0 radical (unpaired) electrons. The van der Waals surface area contributed by atoms with Crippen LogP contribution in [0.4, 0.5) is 0 Å². The van der Waals surface area contributed by atoms with E-state index < -0.39 is 0 Å². The van der Waals surface area contributed by atoms with Gasteiger partial charge in [-0.3, -0.25) is 14.8 Å². The molecule has 23 heavy (non-hydrogen) atoms. The van der Waals surface area contributed by atoms with Gasteiger partial charge < -0.3 is 10.1 Å². The molecule has 1 saturated heterocycles. The van der Waals surface area contributed by atoms with Crippen LogP contribution in [0, 0.1) is 6.92 Å². The number of aromatic nitrogens is 2. The Morgan fingerprint density at radius 2 is 2.26 bits per heavy atom. The van der Waals surface area contributed by atoms with Crippen LogP contribution in [0.3, 0.4) is 0 Å². The quantitative estimate of drug-likeness (QED) is 0.876. The number of carbonyl (C=O) groups is 1. The van der Waals surface area contributed by atoms with Gasteiger partial charge in [-0.2, -0.15) is 5.10 Å². The van der Waals surface area contributed by atoms with Crippen LogP contribution in [0.1, 0.15) is 22.3 Å². The van der Waals surface area contributed by atoms with E-state index in [0.29, 0.717) is 18.3 Å². The van der Waals surface area contributed by atoms with E-state index in [0.717, 1.165) is 36.9 Å². The molecule has 3 heterocycles. The van der Waals surface area contributed by atoms with Gasteiger partial charge >= 0.3 is 0 Å². The SMILES string of the molecule is Cc1ccc(-c2cc(C(=O)NCC(C)N3CCOCC3)n[nH]2)s1. The van der Waals surface area contributed by atoms with Gasteiger partial charge in [-0.15, -0.1) is 11.3 Å².